The van der Waals surface area contributed by atoms with Crippen molar-refractivity contribution in [2.75, 3.05) is 5.32 Å². The maximum Gasteiger partial charge on any atom is 0.255 e. The Morgan fingerprint density at radius 2 is 1.69 bits per heavy atom. The summed E-state index contributed by atoms with van der Waals surface area (Å²) in [4.78, 5) is 29.8. The minimum atomic E-state index is -2.32. The average molecular weight is 449 g/mol. The molecule has 0 radical (unpaired) electrons. The van der Waals surface area contributed by atoms with Gasteiger partial charge in [0.1, 0.15) is 5.82 Å². The largest absolute Gasteiger partial charge is 0.362 e. The third-order valence-corrected chi connectivity index (χ3v) is 5.46. The number of ketones is 1. The summed E-state index contributed by atoms with van der Waals surface area (Å²) in [5.74, 6) is -13.9. The van der Waals surface area contributed by atoms with Gasteiger partial charge in [0.15, 0.2) is 29.1 Å². The molecule has 0 saturated carbocycles. The maximum absolute atomic E-state index is 14.8. The number of anilines is 1. The van der Waals surface area contributed by atoms with Crippen molar-refractivity contribution in [1.29, 1.82) is 0 Å². The van der Waals surface area contributed by atoms with Crippen LogP contribution in [0.4, 0.5) is 27.8 Å². The second kappa shape index (κ2) is 8.18. The highest BCUT2D eigenvalue weighted by atomic mass is 19.2. The first-order valence-corrected chi connectivity index (χ1v) is 9.70. The van der Waals surface area contributed by atoms with Gasteiger partial charge in [-0.2, -0.15) is 0 Å². The lowest BCUT2D eigenvalue weighted by atomic mass is 9.74. The molecule has 32 heavy (non-hydrogen) atoms. The van der Waals surface area contributed by atoms with Gasteiger partial charge in [0.25, 0.3) is 5.91 Å². The number of pyridine rings is 1. The highest BCUT2D eigenvalue weighted by Gasteiger charge is 2.43. The van der Waals surface area contributed by atoms with Crippen LogP contribution in [-0.4, -0.2) is 16.7 Å². The molecule has 1 aliphatic carbocycles. The van der Waals surface area contributed by atoms with Crippen molar-refractivity contribution in [2.45, 2.75) is 32.1 Å². The first kappa shape index (κ1) is 21.7. The number of carbonyl (C=O) groups excluding carboxylic acids is 2. The fraction of sp³-hybridized carbons (Fsp3) is 0.227. The van der Waals surface area contributed by atoms with Gasteiger partial charge < -0.3 is 10.6 Å². The third kappa shape index (κ3) is 3.45. The number of nitrogens with zero attached hydrogens (tertiary/aromatic N) is 1. The van der Waals surface area contributed by atoms with Crippen LogP contribution in [0.3, 0.4) is 0 Å². The van der Waals surface area contributed by atoms with Gasteiger partial charge in [0.2, 0.25) is 5.82 Å². The van der Waals surface area contributed by atoms with Crippen LogP contribution in [0.25, 0.3) is 0 Å². The Labute approximate surface area is 179 Å². The molecular weight excluding hydrogens is 433 g/mol. The van der Waals surface area contributed by atoms with E-state index in [4.69, 9.17) is 0 Å². The number of Topliss-reactive ketones (excluding diaryl/α,β-unsaturated/α-hetero) is 1. The fourth-order valence-electron chi connectivity index (χ4n) is 4.07. The average Bonchev–Trinajstić information content (AvgIpc) is 2.77. The topological polar surface area (TPSA) is 71.1 Å². The summed E-state index contributed by atoms with van der Waals surface area (Å²) in [6.45, 7) is 1.43. The van der Waals surface area contributed by atoms with Crippen LogP contribution in [0.2, 0.25) is 0 Å². The number of benzene rings is 1. The highest BCUT2D eigenvalue weighted by molar-refractivity contribution is 6.09. The van der Waals surface area contributed by atoms with E-state index in [9.17, 15) is 31.5 Å². The summed E-state index contributed by atoms with van der Waals surface area (Å²) in [6, 6.07) is 4.63. The molecule has 0 spiro atoms. The Kier molecular flexibility index (Phi) is 5.53. The first-order valence-electron chi connectivity index (χ1n) is 9.70. The number of hydrogen-bond donors (Lipinski definition) is 2. The van der Waals surface area contributed by atoms with Gasteiger partial charge in [-0.3, -0.25) is 9.59 Å². The smallest absolute Gasteiger partial charge is 0.255 e. The van der Waals surface area contributed by atoms with Crippen molar-refractivity contribution in [3.63, 3.8) is 0 Å². The van der Waals surface area contributed by atoms with Crippen LogP contribution in [-0.2, 0) is 9.59 Å². The lowest BCUT2D eigenvalue weighted by Gasteiger charge is -2.34. The van der Waals surface area contributed by atoms with Crippen molar-refractivity contribution >= 4 is 17.5 Å². The summed E-state index contributed by atoms with van der Waals surface area (Å²) in [7, 11) is 0. The molecule has 4 rings (SSSR count). The number of nitrogens with one attached hydrogen (secondary N) is 2. The first-order chi connectivity index (χ1) is 15.2. The predicted octanol–water partition coefficient (Wildman–Crippen LogP) is 4.38. The van der Waals surface area contributed by atoms with Gasteiger partial charge in [-0.1, -0.05) is 6.07 Å². The number of aromatic nitrogens is 1. The zero-order chi connectivity index (χ0) is 23.2. The second-order valence-electron chi connectivity index (χ2n) is 7.42. The molecule has 166 valence electrons. The maximum atomic E-state index is 14.8. The molecule has 2 aliphatic rings. The Balaban J connectivity index is 1.94. The van der Waals surface area contributed by atoms with Crippen LogP contribution in [0.5, 0.6) is 0 Å². The van der Waals surface area contributed by atoms with E-state index in [-0.39, 0.29) is 29.1 Å². The quantitative estimate of drug-likeness (QED) is 0.415. The van der Waals surface area contributed by atoms with Crippen LogP contribution in [0, 0.1) is 29.1 Å². The molecule has 0 saturated heterocycles. The van der Waals surface area contributed by atoms with Gasteiger partial charge in [0.05, 0.1) is 5.92 Å². The molecular formula is C22H16F5N3O2. The number of halogens is 5. The normalized spacial score (nSPS) is 18.4. The van der Waals surface area contributed by atoms with Crippen molar-refractivity contribution in [1.82, 2.24) is 10.3 Å². The Morgan fingerprint density at radius 1 is 1.03 bits per heavy atom. The van der Waals surface area contributed by atoms with E-state index in [1.807, 2.05) is 0 Å². The second-order valence-corrected chi connectivity index (χ2v) is 7.42. The van der Waals surface area contributed by atoms with Crippen molar-refractivity contribution in [3.8, 4) is 0 Å². The lowest BCUT2D eigenvalue weighted by molar-refractivity contribution is -0.116. The van der Waals surface area contributed by atoms with Gasteiger partial charge in [-0.05, 0) is 31.9 Å². The van der Waals surface area contributed by atoms with E-state index in [1.54, 1.807) is 12.1 Å². The summed E-state index contributed by atoms with van der Waals surface area (Å²) < 4.78 is 71.4. The third-order valence-electron chi connectivity index (χ3n) is 5.46. The summed E-state index contributed by atoms with van der Waals surface area (Å²) in [5, 5.41) is 5.34. The fourth-order valence-corrected chi connectivity index (χ4v) is 4.07. The van der Waals surface area contributed by atoms with E-state index in [0.717, 1.165) is 0 Å². The number of rotatable bonds is 3. The minimum absolute atomic E-state index is 0.0145. The lowest BCUT2D eigenvalue weighted by Crippen LogP contribution is -2.36. The molecule has 5 nitrogen and oxygen atoms in total. The highest BCUT2D eigenvalue weighted by Crippen LogP contribution is 2.45. The molecule has 1 aliphatic heterocycles. The van der Waals surface area contributed by atoms with Crippen molar-refractivity contribution in [3.05, 3.63) is 81.6 Å². The monoisotopic (exact) mass is 449 g/mol. The molecule has 2 N–H and O–H groups in total. The van der Waals surface area contributed by atoms with Crippen LogP contribution >= 0.6 is 0 Å². The number of allylic oxidation sites excluding steroid dienone is 3. The van der Waals surface area contributed by atoms with Gasteiger partial charge in [0, 0.05) is 40.7 Å². The van der Waals surface area contributed by atoms with E-state index in [1.165, 1.54) is 19.2 Å². The Bertz CT molecular complexity index is 1180. The van der Waals surface area contributed by atoms with E-state index in [2.05, 4.69) is 15.6 Å². The van der Waals surface area contributed by atoms with Crippen molar-refractivity contribution < 1.29 is 31.5 Å². The molecule has 2 heterocycles. The molecule has 1 aromatic carbocycles. The molecule has 1 atom stereocenters. The van der Waals surface area contributed by atoms with Crippen molar-refractivity contribution in [2.24, 2.45) is 0 Å². The molecule has 1 amide bonds. The van der Waals surface area contributed by atoms with Crippen LogP contribution in [0.1, 0.15) is 37.7 Å². The zero-order valence-electron chi connectivity index (χ0n) is 16.7. The zero-order valence-corrected chi connectivity index (χ0v) is 16.7. The summed E-state index contributed by atoms with van der Waals surface area (Å²) in [5.41, 5.74) is -1.34. The van der Waals surface area contributed by atoms with E-state index < -0.39 is 52.3 Å². The standard InChI is InChI=1S/C22H16F5N3O2/c1-9-13(22(32)30-12-7-2-3-8-28-12)15(14-10(29-9)5-4-6-11(14)31)16-17(23)19(25)21(27)20(26)18(16)24/h2-3,7-8,15,29H,4-6H2,1H3,(H,28,30,32)/t15-/m1/s1. The number of dihydropyridines is 1. The van der Waals surface area contributed by atoms with E-state index in [0.29, 0.717) is 18.5 Å². The van der Waals surface area contributed by atoms with Gasteiger partial charge in [-0.15, -0.1) is 0 Å². The Hall–Kier alpha value is -3.56. The van der Waals surface area contributed by atoms with Crippen LogP contribution < -0.4 is 10.6 Å². The number of amides is 1. The summed E-state index contributed by atoms with van der Waals surface area (Å²) in [6.07, 6.45) is 2.17. The van der Waals surface area contributed by atoms with E-state index >= 15 is 0 Å². The van der Waals surface area contributed by atoms with Crippen LogP contribution in [0.15, 0.2) is 46.9 Å². The number of hydrogen-bond acceptors (Lipinski definition) is 4. The molecule has 1 aromatic heterocycles. The molecule has 0 bridgehead atoms. The Morgan fingerprint density at radius 3 is 2.31 bits per heavy atom. The molecule has 2 aromatic rings. The molecule has 0 unspecified atom stereocenters. The minimum Gasteiger partial charge on any atom is -0.362 e. The van der Waals surface area contributed by atoms with Gasteiger partial charge in [-0.25, -0.2) is 26.9 Å². The molecule has 0 fully saturated rings. The molecule has 10 heteroatoms. The number of carbonyl (C=O) groups is 2. The predicted molar refractivity (Wildman–Crippen MR) is 104 cm³/mol. The SMILES string of the molecule is CC1=C(C(=O)Nc2ccccn2)[C@@H](c2c(F)c(F)c(F)c(F)c2F)C2=C(CCCC2=O)N1. The summed E-state index contributed by atoms with van der Waals surface area (Å²) >= 11 is 0. The van der Waals surface area contributed by atoms with Gasteiger partial charge >= 0.3 is 0 Å².